The molecule has 0 spiro atoms. The van der Waals surface area contributed by atoms with E-state index in [-0.39, 0.29) is 17.7 Å². The van der Waals surface area contributed by atoms with Gasteiger partial charge in [-0.1, -0.05) is 49.3 Å². The second-order valence-corrected chi connectivity index (χ2v) is 8.18. The second kappa shape index (κ2) is 7.95. The Morgan fingerprint density at radius 2 is 1.90 bits per heavy atom. The lowest BCUT2D eigenvalue weighted by Gasteiger charge is -2.34. The molecule has 6 heteroatoms. The quantitative estimate of drug-likeness (QED) is 0.717. The van der Waals surface area contributed by atoms with Gasteiger partial charge in [-0.3, -0.25) is 4.79 Å². The number of carbonyl (C=O) groups is 1. The average molecular weight is 393 g/mol. The van der Waals surface area contributed by atoms with Gasteiger partial charge in [-0.15, -0.1) is 0 Å². The highest BCUT2D eigenvalue weighted by Crippen LogP contribution is 2.32. The summed E-state index contributed by atoms with van der Waals surface area (Å²) in [7, 11) is 0. The van der Waals surface area contributed by atoms with Crippen LogP contribution in [0.5, 0.6) is 0 Å². The lowest BCUT2D eigenvalue weighted by atomic mass is 9.87. The van der Waals surface area contributed by atoms with Crippen LogP contribution in [0.2, 0.25) is 0 Å². The summed E-state index contributed by atoms with van der Waals surface area (Å²) in [5.41, 5.74) is 3.48. The molecule has 1 N–H and O–H groups in total. The molecule has 0 saturated carbocycles. The molecule has 1 unspecified atom stereocenters. The van der Waals surface area contributed by atoms with Crippen LogP contribution < -0.4 is 0 Å². The SMILES string of the molecule is Cc1noc2nc(C(C)C)cc(C(=O)N3CCC(C(O)c4ccccc4)CC3)c12. The number of aromatic nitrogens is 2. The molecule has 0 bridgehead atoms. The number of rotatable bonds is 4. The van der Waals surface area contributed by atoms with Crippen LogP contribution in [0.1, 0.15) is 66.0 Å². The third-order valence-corrected chi connectivity index (χ3v) is 5.87. The van der Waals surface area contributed by atoms with E-state index in [1.54, 1.807) is 0 Å². The molecule has 1 aliphatic rings. The highest BCUT2D eigenvalue weighted by atomic mass is 16.5. The van der Waals surface area contributed by atoms with Gasteiger partial charge < -0.3 is 14.5 Å². The summed E-state index contributed by atoms with van der Waals surface area (Å²) in [5, 5.41) is 15.4. The van der Waals surface area contributed by atoms with Crippen molar-refractivity contribution in [3.05, 3.63) is 58.9 Å². The molecule has 1 fully saturated rings. The lowest BCUT2D eigenvalue weighted by Crippen LogP contribution is -2.40. The van der Waals surface area contributed by atoms with Gasteiger partial charge in [0.1, 0.15) is 0 Å². The summed E-state index contributed by atoms with van der Waals surface area (Å²) in [6, 6.07) is 11.6. The van der Waals surface area contributed by atoms with Crippen molar-refractivity contribution in [2.75, 3.05) is 13.1 Å². The topological polar surface area (TPSA) is 79.5 Å². The Kier molecular flexibility index (Phi) is 5.37. The van der Waals surface area contributed by atoms with E-state index in [4.69, 9.17) is 4.52 Å². The Balaban J connectivity index is 1.54. The number of pyridine rings is 1. The summed E-state index contributed by atoms with van der Waals surface area (Å²) in [6.45, 7) is 7.17. The number of hydrogen-bond donors (Lipinski definition) is 1. The zero-order chi connectivity index (χ0) is 20.5. The van der Waals surface area contributed by atoms with E-state index in [0.717, 1.165) is 24.1 Å². The number of carbonyl (C=O) groups excluding carboxylic acids is 1. The summed E-state index contributed by atoms with van der Waals surface area (Å²) in [6.07, 6.45) is 1.06. The highest BCUT2D eigenvalue weighted by Gasteiger charge is 2.30. The van der Waals surface area contributed by atoms with Gasteiger partial charge in [-0.2, -0.15) is 0 Å². The fourth-order valence-corrected chi connectivity index (χ4v) is 4.09. The van der Waals surface area contributed by atoms with Crippen molar-refractivity contribution < 1.29 is 14.4 Å². The van der Waals surface area contributed by atoms with E-state index >= 15 is 0 Å². The largest absolute Gasteiger partial charge is 0.388 e. The number of benzene rings is 1. The van der Waals surface area contributed by atoms with Crippen molar-refractivity contribution in [1.29, 1.82) is 0 Å². The third-order valence-electron chi connectivity index (χ3n) is 5.87. The van der Waals surface area contributed by atoms with Crippen LogP contribution in [0, 0.1) is 12.8 Å². The van der Waals surface area contributed by atoms with Crippen molar-refractivity contribution in [3.8, 4) is 0 Å². The molecule has 3 heterocycles. The molecule has 4 rings (SSSR count). The molecule has 1 saturated heterocycles. The van der Waals surface area contributed by atoms with Crippen LogP contribution >= 0.6 is 0 Å². The first-order chi connectivity index (χ1) is 14.0. The van der Waals surface area contributed by atoms with Gasteiger partial charge in [-0.25, -0.2) is 4.98 Å². The molecule has 1 aromatic carbocycles. The van der Waals surface area contributed by atoms with Gasteiger partial charge >= 0.3 is 0 Å². The number of likely N-dealkylation sites (tertiary alicyclic amines) is 1. The van der Waals surface area contributed by atoms with Gasteiger partial charge in [0.25, 0.3) is 11.6 Å². The number of amides is 1. The standard InChI is InChI=1S/C23H27N3O3/c1-14(2)19-13-18(20-15(3)25-29-22(20)24-19)23(28)26-11-9-17(10-12-26)21(27)16-7-5-4-6-8-16/h4-8,13-14,17,21,27H,9-12H2,1-3H3. The molecular formula is C23H27N3O3. The van der Waals surface area contributed by atoms with Crippen molar-refractivity contribution in [1.82, 2.24) is 15.0 Å². The Morgan fingerprint density at radius 1 is 1.21 bits per heavy atom. The summed E-state index contributed by atoms with van der Waals surface area (Å²) in [4.78, 5) is 19.7. The molecule has 0 aliphatic carbocycles. The van der Waals surface area contributed by atoms with Crippen LogP contribution in [0.4, 0.5) is 0 Å². The number of aryl methyl sites for hydroxylation is 1. The van der Waals surface area contributed by atoms with Crippen LogP contribution in [0.3, 0.4) is 0 Å². The van der Waals surface area contributed by atoms with E-state index in [1.807, 2.05) is 62.1 Å². The fraction of sp³-hybridized carbons (Fsp3) is 0.435. The minimum atomic E-state index is -0.492. The Hall–Kier alpha value is -2.73. The third kappa shape index (κ3) is 3.77. The zero-order valence-electron chi connectivity index (χ0n) is 17.1. The van der Waals surface area contributed by atoms with Crippen LogP contribution in [0.25, 0.3) is 11.1 Å². The smallest absolute Gasteiger partial charge is 0.259 e. The van der Waals surface area contributed by atoms with Crippen LogP contribution in [0.15, 0.2) is 40.9 Å². The molecular weight excluding hydrogens is 366 g/mol. The first-order valence-electron chi connectivity index (χ1n) is 10.2. The summed E-state index contributed by atoms with van der Waals surface area (Å²) >= 11 is 0. The predicted molar refractivity (Wildman–Crippen MR) is 111 cm³/mol. The molecule has 0 radical (unpaired) electrons. The van der Waals surface area contributed by atoms with Crippen molar-refractivity contribution in [3.63, 3.8) is 0 Å². The van der Waals surface area contributed by atoms with Gasteiger partial charge in [-0.05, 0) is 43.2 Å². The monoisotopic (exact) mass is 393 g/mol. The molecule has 1 aliphatic heterocycles. The number of fused-ring (bicyclic) bond motifs is 1. The van der Waals surface area contributed by atoms with E-state index in [0.29, 0.717) is 35.4 Å². The average Bonchev–Trinajstić information content (AvgIpc) is 3.13. The van der Waals surface area contributed by atoms with E-state index in [2.05, 4.69) is 10.1 Å². The molecule has 1 amide bonds. The predicted octanol–water partition coefficient (Wildman–Crippen LogP) is 4.24. The van der Waals surface area contributed by atoms with Crippen LogP contribution in [-0.2, 0) is 0 Å². The molecule has 3 aromatic rings. The minimum absolute atomic E-state index is 0.0155. The summed E-state index contributed by atoms with van der Waals surface area (Å²) < 4.78 is 5.35. The Labute approximate surface area is 170 Å². The fourth-order valence-electron chi connectivity index (χ4n) is 4.09. The molecule has 2 aromatic heterocycles. The van der Waals surface area contributed by atoms with E-state index < -0.39 is 6.10 Å². The van der Waals surface area contributed by atoms with Gasteiger partial charge in [0.2, 0.25) is 0 Å². The molecule has 152 valence electrons. The number of aliphatic hydroxyl groups is 1. The van der Waals surface area contributed by atoms with E-state index in [9.17, 15) is 9.90 Å². The maximum absolute atomic E-state index is 13.4. The van der Waals surface area contributed by atoms with Crippen molar-refractivity contribution >= 4 is 17.0 Å². The molecule has 1 atom stereocenters. The first kappa shape index (κ1) is 19.6. The first-order valence-corrected chi connectivity index (χ1v) is 10.2. The molecule has 29 heavy (non-hydrogen) atoms. The van der Waals surface area contributed by atoms with Gasteiger partial charge in [0.05, 0.1) is 22.7 Å². The normalized spacial score (nSPS) is 16.5. The zero-order valence-corrected chi connectivity index (χ0v) is 17.1. The van der Waals surface area contributed by atoms with Crippen molar-refractivity contribution in [2.24, 2.45) is 5.92 Å². The maximum atomic E-state index is 13.4. The second-order valence-electron chi connectivity index (χ2n) is 8.18. The maximum Gasteiger partial charge on any atom is 0.259 e. The van der Waals surface area contributed by atoms with Crippen LogP contribution in [-0.4, -0.2) is 39.1 Å². The Morgan fingerprint density at radius 3 is 2.55 bits per heavy atom. The van der Waals surface area contributed by atoms with Crippen molar-refractivity contribution in [2.45, 2.75) is 45.6 Å². The van der Waals surface area contributed by atoms with Gasteiger partial charge in [0.15, 0.2) is 0 Å². The number of nitrogens with zero attached hydrogens (tertiary/aromatic N) is 3. The van der Waals surface area contributed by atoms with E-state index in [1.165, 1.54) is 0 Å². The number of aliphatic hydroxyl groups excluding tert-OH is 1. The minimum Gasteiger partial charge on any atom is -0.388 e. The lowest BCUT2D eigenvalue weighted by molar-refractivity contribution is 0.0463. The summed E-state index contributed by atoms with van der Waals surface area (Å²) in [5.74, 6) is 0.323. The highest BCUT2D eigenvalue weighted by molar-refractivity contribution is 6.06. The Bertz CT molecular complexity index is 1000. The number of hydrogen-bond acceptors (Lipinski definition) is 5. The number of piperidine rings is 1. The molecule has 6 nitrogen and oxygen atoms in total. The van der Waals surface area contributed by atoms with Gasteiger partial charge in [0, 0.05) is 18.8 Å².